The topological polar surface area (TPSA) is 29.5 Å². The zero-order valence-corrected chi connectivity index (χ0v) is 9.61. The van der Waals surface area contributed by atoms with Crippen molar-refractivity contribution in [3.63, 3.8) is 0 Å². The van der Waals surface area contributed by atoms with Crippen LogP contribution in [0.15, 0.2) is 24.3 Å². The number of carbonyl (C=O) groups is 1. The third kappa shape index (κ3) is 2.42. The summed E-state index contributed by atoms with van der Waals surface area (Å²) in [6.07, 6.45) is 2.24. The number of aryl methyl sites for hydroxylation is 1. The first kappa shape index (κ1) is 11.1. The van der Waals surface area contributed by atoms with E-state index < -0.39 is 0 Å². The lowest BCUT2D eigenvalue weighted by Crippen LogP contribution is -2.35. The number of rotatable bonds is 4. The number of ether oxygens (including phenoxy) is 1. The molecule has 86 valence electrons. The van der Waals surface area contributed by atoms with Crippen molar-refractivity contribution in [3.05, 3.63) is 29.8 Å². The van der Waals surface area contributed by atoms with Gasteiger partial charge in [-0.2, -0.15) is 0 Å². The number of hydrogen-bond acceptors (Lipinski definition) is 3. The van der Waals surface area contributed by atoms with Gasteiger partial charge in [0.2, 0.25) is 0 Å². The first-order chi connectivity index (χ1) is 7.81. The number of benzene rings is 1. The molecule has 1 aliphatic rings. The van der Waals surface area contributed by atoms with Crippen LogP contribution in [-0.4, -0.2) is 32.6 Å². The maximum absolute atomic E-state index is 11.6. The molecular weight excluding hydrogens is 202 g/mol. The van der Waals surface area contributed by atoms with Crippen LogP contribution in [-0.2, 0) is 16.0 Å². The fraction of sp³-hybridized carbons (Fsp3) is 0.462. The van der Waals surface area contributed by atoms with Gasteiger partial charge in [-0.25, -0.2) is 0 Å². The highest BCUT2D eigenvalue weighted by atomic mass is 16.5. The Labute approximate surface area is 96.0 Å². The highest BCUT2D eigenvalue weighted by Crippen LogP contribution is 2.26. The molecule has 0 fully saturated rings. The SMILES string of the molecule is COCC(=O)CN1CCCc2ccccc21. The van der Waals surface area contributed by atoms with E-state index in [1.54, 1.807) is 7.11 Å². The van der Waals surface area contributed by atoms with Crippen LogP contribution in [0.3, 0.4) is 0 Å². The largest absolute Gasteiger partial charge is 0.377 e. The fourth-order valence-electron chi connectivity index (χ4n) is 2.20. The van der Waals surface area contributed by atoms with Crippen LogP contribution in [0.1, 0.15) is 12.0 Å². The average Bonchev–Trinajstić information content (AvgIpc) is 2.30. The third-order valence-electron chi connectivity index (χ3n) is 2.88. The third-order valence-corrected chi connectivity index (χ3v) is 2.88. The second-order valence-corrected chi connectivity index (χ2v) is 4.13. The molecular formula is C13H17NO2. The summed E-state index contributed by atoms with van der Waals surface area (Å²) in [5.41, 5.74) is 2.55. The van der Waals surface area contributed by atoms with Crippen molar-refractivity contribution in [1.82, 2.24) is 0 Å². The molecule has 1 aromatic carbocycles. The monoisotopic (exact) mass is 219 g/mol. The number of nitrogens with zero attached hydrogens (tertiary/aromatic N) is 1. The fourth-order valence-corrected chi connectivity index (χ4v) is 2.20. The number of methoxy groups -OCH3 is 1. The molecule has 0 unspecified atom stereocenters. The molecule has 0 atom stereocenters. The zero-order chi connectivity index (χ0) is 11.4. The second-order valence-electron chi connectivity index (χ2n) is 4.13. The number of anilines is 1. The predicted octanol–water partition coefficient (Wildman–Crippen LogP) is 1.65. The van der Waals surface area contributed by atoms with Gasteiger partial charge in [0, 0.05) is 19.3 Å². The Kier molecular flexibility index (Phi) is 3.57. The second kappa shape index (κ2) is 5.12. The van der Waals surface area contributed by atoms with Gasteiger partial charge in [0.05, 0.1) is 6.54 Å². The highest BCUT2D eigenvalue weighted by molar-refractivity contribution is 5.85. The summed E-state index contributed by atoms with van der Waals surface area (Å²) in [7, 11) is 1.56. The smallest absolute Gasteiger partial charge is 0.177 e. The Morgan fingerprint density at radius 1 is 1.44 bits per heavy atom. The van der Waals surface area contributed by atoms with Gasteiger partial charge in [0.15, 0.2) is 5.78 Å². The highest BCUT2D eigenvalue weighted by Gasteiger charge is 2.18. The van der Waals surface area contributed by atoms with E-state index >= 15 is 0 Å². The Morgan fingerprint density at radius 3 is 3.06 bits per heavy atom. The van der Waals surface area contributed by atoms with Crippen LogP contribution < -0.4 is 4.90 Å². The predicted molar refractivity (Wildman–Crippen MR) is 63.9 cm³/mol. The molecule has 0 saturated heterocycles. The molecule has 3 nitrogen and oxygen atoms in total. The minimum atomic E-state index is 0.138. The number of Topliss-reactive ketones (excluding diaryl/α,β-unsaturated/α-hetero) is 1. The number of ketones is 1. The van der Waals surface area contributed by atoms with Crippen LogP contribution in [0.4, 0.5) is 5.69 Å². The first-order valence-corrected chi connectivity index (χ1v) is 5.65. The average molecular weight is 219 g/mol. The Hall–Kier alpha value is -1.35. The van der Waals surface area contributed by atoms with Crippen molar-refractivity contribution in [2.24, 2.45) is 0 Å². The molecule has 0 bridgehead atoms. The molecule has 1 aliphatic heterocycles. The zero-order valence-electron chi connectivity index (χ0n) is 9.61. The van der Waals surface area contributed by atoms with Crippen LogP contribution in [0.25, 0.3) is 0 Å². The Morgan fingerprint density at radius 2 is 2.25 bits per heavy atom. The quantitative estimate of drug-likeness (QED) is 0.771. The van der Waals surface area contributed by atoms with Gasteiger partial charge < -0.3 is 9.64 Å². The van der Waals surface area contributed by atoms with Crippen molar-refractivity contribution in [3.8, 4) is 0 Å². The number of para-hydroxylation sites is 1. The van der Waals surface area contributed by atoms with E-state index in [1.165, 1.54) is 11.3 Å². The number of hydrogen-bond donors (Lipinski definition) is 0. The molecule has 2 rings (SSSR count). The lowest BCUT2D eigenvalue weighted by atomic mass is 10.0. The van der Waals surface area contributed by atoms with Gasteiger partial charge in [-0.3, -0.25) is 4.79 Å². The normalized spacial score (nSPS) is 14.7. The maximum atomic E-state index is 11.6. The molecule has 0 spiro atoms. The van der Waals surface area contributed by atoms with E-state index in [1.807, 2.05) is 6.07 Å². The summed E-state index contributed by atoms with van der Waals surface area (Å²) >= 11 is 0. The van der Waals surface area contributed by atoms with E-state index in [4.69, 9.17) is 4.74 Å². The molecule has 0 N–H and O–H groups in total. The molecule has 1 heterocycles. The Balaban J connectivity index is 2.10. The number of carbonyl (C=O) groups excluding carboxylic acids is 1. The van der Waals surface area contributed by atoms with Gasteiger partial charge in [-0.1, -0.05) is 18.2 Å². The molecule has 0 radical (unpaired) electrons. The van der Waals surface area contributed by atoms with E-state index in [0.717, 1.165) is 19.4 Å². The summed E-state index contributed by atoms with van der Waals surface area (Å²) in [6.45, 7) is 1.63. The van der Waals surface area contributed by atoms with Gasteiger partial charge in [-0.15, -0.1) is 0 Å². The van der Waals surface area contributed by atoms with E-state index in [2.05, 4.69) is 23.1 Å². The van der Waals surface area contributed by atoms with Gasteiger partial charge >= 0.3 is 0 Å². The Bertz CT molecular complexity index is 376. The van der Waals surface area contributed by atoms with Crippen LogP contribution in [0, 0.1) is 0 Å². The van der Waals surface area contributed by atoms with Gasteiger partial charge in [0.25, 0.3) is 0 Å². The molecule has 3 heteroatoms. The minimum absolute atomic E-state index is 0.138. The standard InChI is InChI=1S/C13H17NO2/c1-16-10-12(15)9-14-8-4-6-11-5-2-3-7-13(11)14/h2-3,5,7H,4,6,8-10H2,1H3. The minimum Gasteiger partial charge on any atom is -0.377 e. The van der Waals surface area contributed by atoms with Crippen molar-refractivity contribution in [2.45, 2.75) is 12.8 Å². The summed E-state index contributed by atoms with van der Waals surface area (Å²) in [5.74, 6) is 0.138. The van der Waals surface area contributed by atoms with E-state index in [9.17, 15) is 4.79 Å². The lowest BCUT2D eigenvalue weighted by molar-refractivity contribution is -0.121. The summed E-state index contributed by atoms with van der Waals surface area (Å²) in [4.78, 5) is 13.7. The molecule has 1 aromatic rings. The molecule has 0 aliphatic carbocycles. The summed E-state index contributed by atoms with van der Waals surface area (Å²) < 4.78 is 4.86. The van der Waals surface area contributed by atoms with Crippen LogP contribution >= 0.6 is 0 Å². The van der Waals surface area contributed by atoms with E-state index in [0.29, 0.717) is 6.54 Å². The summed E-state index contributed by atoms with van der Waals surface area (Å²) in [5, 5.41) is 0. The van der Waals surface area contributed by atoms with E-state index in [-0.39, 0.29) is 12.4 Å². The molecule has 0 saturated carbocycles. The van der Waals surface area contributed by atoms with Crippen LogP contribution in [0.5, 0.6) is 0 Å². The summed E-state index contributed by atoms with van der Waals surface area (Å²) in [6, 6.07) is 8.31. The molecule has 16 heavy (non-hydrogen) atoms. The molecule has 0 amide bonds. The van der Waals surface area contributed by atoms with Crippen molar-refractivity contribution >= 4 is 11.5 Å². The van der Waals surface area contributed by atoms with Crippen molar-refractivity contribution in [2.75, 3.05) is 31.7 Å². The van der Waals surface area contributed by atoms with Gasteiger partial charge in [0.1, 0.15) is 6.61 Å². The number of fused-ring (bicyclic) bond motifs is 1. The lowest BCUT2D eigenvalue weighted by Gasteiger charge is -2.30. The van der Waals surface area contributed by atoms with Crippen molar-refractivity contribution in [1.29, 1.82) is 0 Å². The first-order valence-electron chi connectivity index (χ1n) is 5.65. The van der Waals surface area contributed by atoms with Crippen molar-refractivity contribution < 1.29 is 9.53 Å². The molecule has 0 aromatic heterocycles. The van der Waals surface area contributed by atoms with Gasteiger partial charge in [-0.05, 0) is 24.5 Å². The van der Waals surface area contributed by atoms with Crippen LogP contribution in [0.2, 0.25) is 0 Å². The maximum Gasteiger partial charge on any atom is 0.177 e.